The zero-order chi connectivity index (χ0) is 6.81. The van der Waals surface area contributed by atoms with E-state index in [1.54, 1.807) is 0 Å². The Balaban J connectivity index is 2.03. The molecule has 0 aromatic heterocycles. The van der Waals surface area contributed by atoms with Gasteiger partial charge in [-0.2, -0.15) is 0 Å². The SMILES string of the molecule is c1ccc(O[C@H]2CO2)cc1. The first kappa shape index (κ1) is 5.74. The van der Waals surface area contributed by atoms with Crippen molar-refractivity contribution in [2.75, 3.05) is 6.61 Å². The molecule has 1 atom stereocenters. The first-order chi connectivity index (χ1) is 4.95. The van der Waals surface area contributed by atoms with Gasteiger partial charge in [0.25, 0.3) is 0 Å². The van der Waals surface area contributed by atoms with E-state index in [-0.39, 0.29) is 6.29 Å². The standard InChI is InChI=1S/C8H8O2/c1-2-4-7(5-3-1)10-8-6-9-8/h1-5,8H,6H2/t8-/m0/s1. The van der Waals surface area contributed by atoms with Crippen molar-refractivity contribution >= 4 is 0 Å². The highest BCUT2D eigenvalue weighted by Crippen LogP contribution is 2.17. The van der Waals surface area contributed by atoms with Crippen LogP contribution in [0.15, 0.2) is 30.3 Å². The monoisotopic (exact) mass is 136 g/mol. The minimum atomic E-state index is 0.0161. The molecule has 52 valence electrons. The first-order valence-corrected chi connectivity index (χ1v) is 3.28. The van der Waals surface area contributed by atoms with E-state index in [0.29, 0.717) is 0 Å². The van der Waals surface area contributed by atoms with E-state index in [2.05, 4.69) is 0 Å². The molecule has 0 aliphatic carbocycles. The second kappa shape index (κ2) is 2.31. The van der Waals surface area contributed by atoms with Gasteiger partial charge in [0.15, 0.2) is 0 Å². The molecule has 1 aliphatic heterocycles. The lowest BCUT2D eigenvalue weighted by Gasteiger charge is -1.98. The van der Waals surface area contributed by atoms with Crippen LogP contribution in [0.2, 0.25) is 0 Å². The van der Waals surface area contributed by atoms with Gasteiger partial charge in [-0.25, -0.2) is 0 Å². The van der Waals surface area contributed by atoms with Crippen molar-refractivity contribution in [1.29, 1.82) is 0 Å². The third-order valence-electron chi connectivity index (χ3n) is 1.31. The van der Waals surface area contributed by atoms with Gasteiger partial charge in [-0.3, -0.25) is 0 Å². The molecule has 0 amide bonds. The van der Waals surface area contributed by atoms with Gasteiger partial charge in [0.05, 0.1) is 0 Å². The number of ether oxygens (including phenoxy) is 2. The van der Waals surface area contributed by atoms with E-state index >= 15 is 0 Å². The highest BCUT2D eigenvalue weighted by molar-refractivity contribution is 5.21. The van der Waals surface area contributed by atoms with Crippen LogP contribution in [0.5, 0.6) is 5.75 Å². The third-order valence-corrected chi connectivity index (χ3v) is 1.31. The number of rotatable bonds is 2. The lowest BCUT2D eigenvalue weighted by Crippen LogP contribution is -1.96. The van der Waals surface area contributed by atoms with Crippen LogP contribution in [0, 0.1) is 0 Å². The average Bonchev–Trinajstić information content (AvgIpc) is 2.74. The van der Waals surface area contributed by atoms with Gasteiger partial charge in [0.2, 0.25) is 6.29 Å². The quantitative estimate of drug-likeness (QED) is 0.573. The number of hydrogen-bond donors (Lipinski definition) is 0. The van der Waals surface area contributed by atoms with Crippen molar-refractivity contribution < 1.29 is 9.47 Å². The first-order valence-electron chi connectivity index (χ1n) is 3.28. The second-order valence-corrected chi connectivity index (χ2v) is 2.19. The molecule has 2 heteroatoms. The molecule has 0 spiro atoms. The van der Waals surface area contributed by atoms with Crippen LogP contribution >= 0.6 is 0 Å². The summed E-state index contributed by atoms with van der Waals surface area (Å²) < 4.78 is 10.2. The summed E-state index contributed by atoms with van der Waals surface area (Å²) in [5.74, 6) is 0.880. The number of epoxide rings is 1. The van der Waals surface area contributed by atoms with Crippen LogP contribution in [0.1, 0.15) is 0 Å². The molecule has 0 bridgehead atoms. The van der Waals surface area contributed by atoms with E-state index < -0.39 is 0 Å². The fourth-order valence-electron chi connectivity index (χ4n) is 0.758. The molecule has 0 N–H and O–H groups in total. The van der Waals surface area contributed by atoms with Crippen LogP contribution in [0.25, 0.3) is 0 Å². The summed E-state index contributed by atoms with van der Waals surface area (Å²) in [6.45, 7) is 0.731. The Bertz CT molecular complexity index is 204. The molecule has 0 radical (unpaired) electrons. The minimum Gasteiger partial charge on any atom is -0.462 e. The largest absolute Gasteiger partial charge is 0.462 e. The number of para-hydroxylation sites is 1. The van der Waals surface area contributed by atoms with Gasteiger partial charge in [-0.15, -0.1) is 0 Å². The molecule has 10 heavy (non-hydrogen) atoms. The van der Waals surface area contributed by atoms with Crippen LogP contribution in [0.3, 0.4) is 0 Å². The molecule has 1 fully saturated rings. The molecule has 1 aromatic carbocycles. The normalized spacial score (nSPS) is 22.2. The van der Waals surface area contributed by atoms with Crippen LogP contribution < -0.4 is 4.74 Å². The third kappa shape index (κ3) is 1.28. The number of benzene rings is 1. The average molecular weight is 136 g/mol. The molecule has 1 aromatic rings. The van der Waals surface area contributed by atoms with Crippen molar-refractivity contribution in [3.8, 4) is 5.75 Å². The summed E-state index contributed by atoms with van der Waals surface area (Å²) in [6.07, 6.45) is 0.0161. The van der Waals surface area contributed by atoms with Crippen LogP contribution in [-0.4, -0.2) is 12.9 Å². The molecule has 1 heterocycles. The van der Waals surface area contributed by atoms with Gasteiger partial charge >= 0.3 is 0 Å². The van der Waals surface area contributed by atoms with Crippen molar-refractivity contribution in [2.45, 2.75) is 6.29 Å². The predicted molar refractivity (Wildman–Crippen MR) is 36.8 cm³/mol. The summed E-state index contributed by atoms with van der Waals surface area (Å²) in [5.41, 5.74) is 0. The molecule has 0 unspecified atom stereocenters. The van der Waals surface area contributed by atoms with E-state index in [1.165, 1.54) is 0 Å². The molecular weight excluding hydrogens is 128 g/mol. The minimum absolute atomic E-state index is 0.0161. The predicted octanol–water partition coefficient (Wildman–Crippen LogP) is 1.42. The van der Waals surface area contributed by atoms with Gasteiger partial charge in [0.1, 0.15) is 12.4 Å². The highest BCUT2D eigenvalue weighted by Gasteiger charge is 2.24. The van der Waals surface area contributed by atoms with Gasteiger partial charge < -0.3 is 9.47 Å². The maximum atomic E-state index is 5.30. The highest BCUT2D eigenvalue weighted by atomic mass is 16.8. The van der Waals surface area contributed by atoms with Crippen molar-refractivity contribution in [3.63, 3.8) is 0 Å². The Hall–Kier alpha value is -1.02. The van der Waals surface area contributed by atoms with E-state index in [0.717, 1.165) is 12.4 Å². The van der Waals surface area contributed by atoms with Gasteiger partial charge in [-0.1, -0.05) is 18.2 Å². The molecular formula is C8H8O2. The Morgan fingerprint density at radius 3 is 2.60 bits per heavy atom. The maximum Gasteiger partial charge on any atom is 0.223 e. The van der Waals surface area contributed by atoms with Gasteiger partial charge in [0, 0.05) is 0 Å². The molecule has 1 saturated heterocycles. The molecule has 2 rings (SSSR count). The van der Waals surface area contributed by atoms with Crippen LogP contribution in [-0.2, 0) is 4.74 Å². The van der Waals surface area contributed by atoms with E-state index in [4.69, 9.17) is 9.47 Å². The van der Waals surface area contributed by atoms with Crippen molar-refractivity contribution in [1.82, 2.24) is 0 Å². The zero-order valence-electron chi connectivity index (χ0n) is 5.49. The van der Waals surface area contributed by atoms with Gasteiger partial charge in [-0.05, 0) is 12.1 Å². The summed E-state index contributed by atoms with van der Waals surface area (Å²) in [4.78, 5) is 0. The lowest BCUT2D eigenvalue weighted by atomic mass is 10.3. The summed E-state index contributed by atoms with van der Waals surface area (Å²) in [6, 6.07) is 9.68. The summed E-state index contributed by atoms with van der Waals surface area (Å²) in [5, 5.41) is 0. The van der Waals surface area contributed by atoms with E-state index in [1.807, 2.05) is 30.3 Å². The Morgan fingerprint density at radius 2 is 2.00 bits per heavy atom. The van der Waals surface area contributed by atoms with Crippen molar-refractivity contribution in [3.05, 3.63) is 30.3 Å². The Labute approximate surface area is 59.4 Å². The zero-order valence-corrected chi connectivity index (χ0v) is 5.49. The van der Waals surface area contributed by atoms with Crippen LogP contribution in [0.4, 0.5) is 0 Å². The lowest BCUT2D eigenvalue weighted by molar-refractivity contribution is 0.179. The topological polar surface area (TPSA) is 21.8 Å². The Morgan fingerprint density at radius 1 is 1.30 bits per heavy atom. The van der Waals surface area contributed by atoms with Crippen molar-refractivity contribution in [2.24, 2.45) is 0 Å². The smallest absolute Gasteiger partial charge is 0.223 e. The molecule has 1 aliphatic rings. The summed E-state index contributed by atoms with van der Waals surface area (Å²) >= 11 is 0. The molecule has 2 nitrogen and oxygen atoms in total. The molecule has 0 saturated carbocycles. The summed E-state index contributed by atoms with van der Waals surface area (Å²) in [7, 11) is 0. The second-order valence-electron chi connectivity index (χ2n) is 2.19. The maximum absolute atomic E-state index is 5.30. The fraction of sp³-hybridized carbons (Fsp3) is 0.250. The fourth-order valence-corrected chi connectivity index (χ4v) is 0.758. The Kier molecular flexibility index (Phi) is 1.32. The number of hydrogen-bond acceptors (Lipinski definition) is 2. The van der Waals surface area contributed by atoms with E-state index in [9.17, 15) is 0 Å².